The summed E-state index contributed by atoms with van der Waals surface area (Å²) in [6.45, 7) is 7.06. The molecule has 2 unspecified atom stereocenters. The lowest BCUT2D eigenvalue weighted by Gasteiger charge is -2.31. The number of aryl methyl sites for hydroxylation is 3. The number of aliphatic carboxylic acids is 1. The molecule has 25 heavy (non-hydrogen) atoms. The van der Waals surface area contributed by atoms with Gasteiger partial charge in [-0.05, 0) is 50.3 Å². The summed E-state index contributed by atoms with van der Waals surface area (Å²) in [7, 11) is 0. The van der Waals surface area contributed by atoms with E-state index in [0.717, 1.165) is 30.6 Å². The number of carboxylic acids is 1. The Kier molecular flexibility index (Phi) is 5.19. The van der Waals surface area contributed by atoms with Crippen molar-refractivity contribution in [2.24, 2.45) is 0 Å². The molecular weight excluding hydrogens is 312 g/mol. The topological polar surface area (TPSA) is 53.4 Å². The predicted molar refractivity (Wildman–Crippen MR) is 98.7 cm³/mol. The zero-order chi connectivity index (χ0) is 18.0. The zero-order valence-corrected chi connectivity index (χ0v) is 15.2. The second kappa shape index (κ2) is 7.36. The standard InChI is InChI=1S/C21H26N2O2/c1-4-16-7-8-18(22-13-16)20(17-11-14(2)10-15(3)12-17)23-9-5-6-19(23)21(24)25/h7-8,10-13,19-20H,4-6,9H2,1-3H3,(H,24,25). The minimum absolute atomic E-state index is 0.117. The lowest BCUT2D eigenvalue weighted by molar-refractivity contribution is -0.142. The second-order valence-electron chi connectivity index (χ2n) is 7.00. The first-order chi connectivity index (χ1) is 12.0. The number of rotatable bonds is 5. The lowest BCUT2D eigenvalue weighted by Crippen LogP contribution is -2.39. The number of nitrogens with zero attached hydrogens (tertiary/aromatic N) is 2. The van der Waals surface area contributed by atoms with Gasteiger partial charge in [-0.15, -0.1) is 0 Å². The molecular formula is C21H26N2O2. The molecule has 1 aromatic heterocycles. The van der Waals surface area contributed by atoms with Crippen molar-refractivity contribution in [2.75, 3.05) is 6.54 Å². The fourth-order valence-electron chi connectivity index (χ4n) is 3.87. The third-order valence-corrected chi connectivity index (χ3v) is 5.01. The number of benzene rings is 1. The molecule has 2 atom stereocenters. The van der Waals surface area contributed by atoms with Crippen LogP contribution in [-0.2, 0) is 11.2 Å². The number of carbonyl (C=O) groups is 1. The van der Waals surface area contributed by atoms with E-state index in [4.69, 9.17) is 0 Å². The third-order valence-electron chi connectivity index (χ3n) is 5.01. The van der Waals surface area contributed by atoms with E-state index in [-0.39, 0.29) is 6.04 Å². The molecule has 4 nitrogen and oxygen atoms in total. The van der Waals surface area contributed by atoms with Crippen LogP contribution in [0.3, 0.4) is 0 Å². The number of hydrogen-bond acceptors (Lipinski definition) is 3. The van der Waals surface area contributed by atoms with Gasteiger partial charge in [0.05, 0.1) is 11.7 Å². The Morgan fingerprint density at radius 2 is 2.00 bits per heavy atom. The van der Waals surface area contributed by atoms with E-state index >= 15 is 0 Å². The average Bonchev–Trinajstić information content (AvgIpc) is 3.04. The molecule has 1 aromatic carbocycles. The summed E-state index contributed by atoms with van der Waals surface area (Å²) in [6, 6.07) is 10.1. The van der Waals surface area contributed by atoms with Crippen LogP contribution in [0.5, 0.6) is 0 Å². The van der Waals surface area contributed by atoms with Gasteiger partial charge in [0.25, 0.3) is 0 Å². The molecule has 0 amide bonds. The van der Waals surface area contributed by atoms with Crippen molar-refractivity contribution in [1.82, 2.24) is 9.88 Å². The normalized spacial score (nSPS) is 19.1. The molecule has 0 radical (unpaired) electrons. The van der Waals surface area contributed by atoms with Gasteiger partial charge in [-0.3, -0.25) is 14.7 Å². The Morgan fingerprint density at radius 1 is 1.28 bits per heavy atom. The largest absolute Gasteiger partial charge is 0.480 e. The van der Waals surface area contributed by atoms with Gasteiger partial charge in [0.2, 0.25) is 0 Å². The first kappa shape index (κ1) is 17.6. The molecule has 2 aromatic rings. The van der Waals surface area contributed by atoms with Crippen LogP contribution in [0.25, 0.3) is 0 Å². The molecule has 3 rings (SSSR count). The maximum absolute atomic E-state index is 11.8. The van der Waals surface area contributed by atoms with Crippen LogP contribution in [0.15, 0.2) is 36.5 Å². The van der Waals surface area contributed by atoms with Crippen molar-refractivity contribution in [3.63, 3.8) is 0 Å². The summed E-state index contributed by atoms with van der Waals surface area (Å²) in [5.41, 5.74) is 5.63. The Hall–Kier alpha value is -2.20. The van der Waals surface area contributed by atoms with Crippen molar-refractivity contribution in [3.05, 3.63) is 64.5 Å². The fraction of sp³-hybridized carbons (Fsp3) is 0.429. The minimum Gasteiger partial charge on any atom is -0.480 e. The Morgan fingerprint density at radius 3 is 2.56 bits per heavy atom. The monoisotopic (exact) mass is 338 g/mol. The maximum Gasteiger partial charge on any atom is 0.320 e. The summed E-state index contributed by atoms with van der Waals surface area (Å²) in [5.74, 6) is -0.739. The highest BCUT2D eigenvalue weighted by Crippen LogP contribution is 2.35. The molecule has 0 aliphatic carbocycles. The van der Waals surface area contributed by atoms with Gasteiger partial charge in [-0.2, -0.15) is 0 Å². The summed E-state index contributed by atoms with van der Waals surface area (Å²) in [5, 5.41) is 9.66. The SMILES string of the molecule is CCc1ccc(C(c2cc(C)cc(C)c2)N2CCCC2C(=O)O)nc1. The van der Waals surface area contributed by atoms with E-state index in [1.54, 1.807) is 0 Å². The smallest absolute Gasteiger partial charge is 0.320 e. The molecule has 1 aliphatic rings. The van der Waals surface area contributed by atoms with Crippen LogP contribution in [0.1, 0.15) is 53.8 Å². The van der Waals surface area contributed by atoms with E-state index in [0.29, 0.717) is 6.42 Å². The Bertz CT molecular complexity index is 735. The molecule has 132 valence electrons. The summed E-state index contributed by atoms with van der Waals surface area (Å²) < 4.78 is 0. The van der Waals surface area contributed by atoms with Crippen LogP contribution in [0.2, 0.25) is 0 Å². The van der Waals surface area contributed by atoms with Crippen LogP contribution >= 0.6 is 0 Å². The molecule has 2 heterocycles. The highest BCUT2D eigenvalue weighted by molar-refractivity contribution is 5.74. The highest BCUT2D eigenvalue weighted by Gasteiger charge is 2.37. The first-order valence-corrected chi connectivity index (χ1v) is 9.01. The van der Waals surface area contributed by atoms with Crippen molar-refractivity contribution < 1.29 is 9.90 Å². The van der Waals surface area contributed by atoms with Crippen LogP contribution in [-0.4, -0.2) is 33.5 Å². The second-order valence-corrected chi connectivity index (χ2v) is 7.00. The van der Waals surface area contributed by atoms with Gasteiger partial charge < -0.3 is 5.11 Å². The van der Waals surface area contributed by atoms with Crippen LogP contribution in [0.4, 0.5) is 0 Å². The van der Waals surface area contributed by atoms with Gasteiger partial charge in [0, 0.05) is 12.7 Å². The number of aromatic nitrogens is 1. The predicted octanol–water partition coefficient (Wildman–Crippen LogP) is 3.90. The summed E-state index contributed by atoms with van der Waals surface area (Å²) >= 11 is 0. The molecule has 0 saturated carbocycles. The Labute approximate surface area is 149 Å². The molecule has 1 fully saturated rings. The summed E-state index contributed by atoms with van der Waals surface area (Å²) in [4.78, 5) is 18.5. The number of hydrogen-bond donors (Lipinski definition) is 1. The number of likely N-dealkylation sites (tertiary alicyclic amines) is 1. The van der Waals surface area contributed by atoms with E-state index in [1.807, 2.05) is 6.20 Å². The quantitative estimate of drug-likeness (QED) is 0.898. The van der Waals surface area contributed by atoms with Crippen molar-refractivity contribution >= 4 is 5.97 Å². The lowest BCUT2D eigenvalue weighted by atomic mass is 9.96. The van der Waals surface area contributed by atoms with Gasteiger partial charge >= 0.3 is 5.97 Å². The zero-order valence-electron chi connectivity index (χ0n) is 15.2. The summed E-state index contributed by atoms with van der Waals surface area (Å²) in [6.07, 6.45) is 4.47. The first-order valence-electron chi connectivity index (χ1n) is 9.01. The van der Waals surface area contributed by atoms with Gasteiger partial charge in [-0.1, -0.05) is 42.3 Å². The van der Waals surface area contributed by atoms with Crippen LogP contribution < -0.4 is 0 Å². The third kappa shape index (κ3) is 3.74. The van der Waals surface area contributed by atoms with E-state index in [9.17, 15) is 9.90 Å². The van der Waals surface area contributed by atoms with Crippen molar-refractivity contribution in [2.45, 2.75) is 52.1 Å². The van der Waals surface area contributed by atoms with Crippen molar-refractivity contribution in [3.8, 4) is 0 Å². The maximum atomic E-state index is 11.8. The average molecular weight is 338 g/mol. The highest BCUT2D eigenvalue weighted by atomic mass is 16.4. The molecule has 1 aliphatic heterocycles. The Balaban J connectivity index is 2.08. The fourth-order valence-corrected chi connectivity index (χ4v) is 3.87. The van der Waals surface area contributed by atoms with Gasteiger partial charge in [-0.25, -0.2) is 0 Å². The molecule has 0 bridgehead atoms. The van der Waals surface area contributed by atoms with Crippen LogP contribution in [0, 0.1) is 13.8 Å². The van der Waals surface area contributed by atoms with E-state index < -0.39 is 12.0 Å². The molecule has 1 N–H and O–H groups in total. The van der Waals surface area contributed by atoms with E-state index in [2.05, 4.69) is 61.0 Å². The number of carboxylic acid groups (broad SMARTS) is 1. The van der Waals surface area contributed by atoms with Crippen molar-refractivity contribution in [1.29, 1.82) is 0 Å². The van der Waals surface area contributed by atoms with Gasteiger partial charge in [0.1, 0.15) is 6.04 Å². The molecule has 0 spiro atoms. The van der Waals surface area contributed by atoms with E-state index in [1.165, 1.54) is 16.7 Å². The van der Waals surface area contributed by atoms with Gasteiger partial charge in [0.15, 0.2) is 0 Å². The molecule has 1 saturated heterocycles. The minimum atomic E-state index is -0.739. The number of pyridine rings is 1. The molecule has 4 heteroatoms.